The fourth-order valence-electron chi connectivity index (χ4n) is 4.50. The van der Waals surface area contributed by atoms with Gasteiger partial charge in [0, 0.05) is 13.0 Å². The van der Waals surface area contributed by atoms with Crippen molar-refractivity contribution in [1.82, 2.24) is 0 Å². The van der Waals surface area contributed by atoms with Crippen molar-refractivity contribution < 1.29 is 23.9 Å². The summed E-state index contributed by atoms with van der Waals surface area (Å²) in [6.07, 6.45) is 0.897. The minimum absolute atomic E-state index is 0.237. The average molecular weight is 343 g/mol. The van der Waals surface area contributed by atoms with Gasteiger partial charge < -0.3 is 9.64 Å². The molecule has 2 saturated carbocycles. The summed E-state index contributed by atoms with van der Waals surface area (Å²) in [5.74, 6) is -2.45. The van der Waals surface area contributed by atoms with E-state index in [9.17, 15) is 19.2 Å². The van der Waals surface area contributed by atoms with Crippen LogP contribution in [0.1, 0.15) is 37.0 Å². The molecule has 2 unspecified atom stereocenters. The Balaban J connectivity index is 2.07. The van der Waals surface area contributed by atoms with Crippen LogP contribution in [0.5, 0.6) is 0 Å². The molecule has 0 N–H and O–H groups in total. The molecule has 0 heterocycles. The summed E-state index contributed by atoms with van der Waals surface area (Å²) in [6.45, 7) is 3.62. The van der Waals surface area contributed by atoms with E-state index in [0.717, 1.165) is 0 Å². The molecule has 0 aliphatic heterocycles. The number of nitrogens with zero attached hydrogens (tertiary/aromatic N) is 1. The predicted molar refractivity (Wildman–Crippen MR) is 90.1 cm³/mol. The van der Waals surface area contributed by atoms with Crippen molar-refractivity contribution in [2.75, 3.05) is 19.1 Å². The summed E-state index contributed by atoms with van der Waals surface area (Å²) in [5.41, 5.74) is -1.49. The Hall–Kier alpha value is -2.50. The van der Waals surface area contributed by atoms with E-state index in [1.807, 2.05) is 13.8 Å². The van der Waals surface area contributed by atoms with Gasteiger partial charge in [0.15, 0.2) is 0 Å². The average Bonchev–Trinajstić information content (AvgIpc) is 2.96. The number of para-hydroxylation sites is 1. The second-order valence-electron chi connectivity index (χ2n) is 7.28. The number of ketones is 2. The third kappa shape index (κ3) is 2.03. The van der Waals surface area contributed by atoms with Crippen molar-refractivity contribution >= 4 is 29.1 Å². The van der Waals surface area contributed by atoms with Gasteiger partial charge >= 0.3 is 5.97 Å². The van der Waals surface area contributed by atoms with E-state index in [1.54, 1.807) is 24.3 Å². The second kappa shape index (κ2) is 5.51. The van der Waals surface area contributed by atoms with Crippen LogP contribution in [0, 0.1) is 16.7 Å². The number of rotatable bonds is 3. The normalized spacial score (nSPS) is 26.6. The Morgan fingerprint density at radius 2 is 1.84 bits per heavy atom. The number of amides is 1. The molecule has 3 rings (SSSR count). The molecule has 6 heteroatoms. The molecule has 2 fully saturated rings. The molecule has 1 amide bonds. The smallest absolute Gasteiger partial charge is 0.339 e. The summed E-state index contributed by atoms with van der Waals surface area (Å²) < 4.78 is 4.77. The highest BCUT2D eigenvalue weighted by molar-refractivity contribution is 6.48. The van der Waals surface area contributed by atoms with E-state index in [2.05, 4.69) is 0 Å². The van der Waals surface area contributed by atoms with Crippen LogP contribution in [0.2, 0.25) is 0 Å². The van der Waals surface area contributed by atoms with Crippen molar-refractivity contribution in [3.8, 4) is 0 Å². The molecule has 0 spiro atoms. The summed E-state index contributed by atoms with van der Waals surface area (Å²) in [5, 5.41) is 0. The van der Waals surface area contributed by atoms with E-state index in [4.69, 9.17) is 4.74 Å². The summed E-state index contributed by atoms with van der Waals surface area (Å²) in [7, 11) is 2.79. The number of esters is 1. The maximum Gasteiger partial charge on any atom is 0.339 e. The number of Topliss-reactive ketones (excluding diaryl/α,β-unsaturated/α-hetero) is 2. The Bertz CT molecular complexity index is 797. The van der Waals surface area contributed by atoms with Crippen LogP contribution in [-0.4, -0.2) is 37.6 Å². The predicted octanol–water partition coefficient (Wildman–Crippen LogP) is 2.01. The first-order valence-electron chi connectivity index (χ1n) is 8.24. The first kappa shape index (κ1) is 17.3. The molecule has 1 aromatic carbocycles. The zero-order valence-electron chi connectivity index (χ0n) is 14.8. The molecule has 25 heavy (non-hydrogen) atoms. The summed E-state index contributed by atoms with van der Waals surface area (Å²) in [4.78, 5) is 51.6. The highest BCUT2D eigenvalue weighted by Crippen LogP contribution is 2.63. The third-order valence-electron chi connectivity index (χ3n) is 6.05. The van der Waals surface area contributed by atoms with Crippen molar-refractivity contribution in [2.45, 2.75) is 26.7 Å². The number of benzene rings is 1. The number of carbonyl (C=O) groups excluding carboxylic acids is 4. The first-order chi connectivity index (χ1) is 11.7. The first-order valence-corrected chi connectivity index (χ1v) is 8.24. The minimum atomic E-state index is -1.35. The van der Waals surface area contributed by atoms with Gasteiger partial charge in [0.2, 0.25) is 17.5 Å². The SMILES string of the molecule is COC(=O)c1ccccc1N(C)C(=O)C12CCC(C(=O)C1=O)C2(C)C. The number of fused-ring (bicyclic) bond motifs is 2. The lowest BCUT2D eigenvalue weighted by Crippen LogP contribution is -2.51. The highest BCUT2D eigenvalue weighted by Gasteiger charge is 2.73. The lowest BCUT2D eigenvalue weighted by atomic mass is 9.68. The van der Waals surface area contributed by atoms with Gasteiger partial charge in [-0.3, -0.25) is 14.4 Å². The van der Waals surface area contributed by atoms with Gasteiger partial charge in [-0.25, -0.2) is 4.79 Å². The van der Waals surface area contributed by atoms with Crippen molar-refractivity contribution in [3.63, 3.8) is 0 Å². The fourth-order valence-corrected chi connectivity index (χ4v) is 4.50. The van der Waals surface area contributed by atoms with Gasteiger partial charge in [0.1, 0.15) is 5.41 Å². The van der Waals surface area contributed by atoms with Crippen LogP contribution in [0.3, 0.4) is 0 Å². The number of anilines is 1. The number of methoxy groups -OCH3 is 1. The third-order valence-corrected chi connectivity index (χ3v) is 6.05. The zero-order valence-corrected chi connectivity index (χ0v) is 14.8. The van der Waals surface area contributed by atoms with Gasteiger partial charge in [-0.05, 0) is 30.4 Å². The van der Waals surface area contributed by atoms with Crippen molar-refractivity contribution in [3.05, 3.63) is 29.8 Å². The summed E-state index contributed by atoms with van der Waals surface area (Å²) >= 11 is 0. The van der Waals surface area contributed by atoms with Crippen molar-refractivity contribution in [1.29, 1.82) is 0 Å². The van der Waals surface area contributed by atoms with Crippen LogP contribution in [0.15, 0.2) is 24.3 Å². The van der Waals surface area contributed by atoms with E-state index in [0.29, 0.717) is 18.5 Å². The van der Waals surface area contributed by atoms with Crippen LogP contribution < -0.4 is 4.90 Å². The number of carbonyl (C=O) groups is 4. The number of ether oxygens (including phenoxy) is 1. The molecule has 2 aliphatic carbocycles. The Morgan fingerprint density at radius 1 is 1.20 bits per heavy atom. The Morgan fingerprint density at radius 3 is 2.40 bits per heavy atom. The van der Waals surface area contributed by atoms with Gasteiger partial charge in [-0.15, -0.1) is 0 Å². The Kier molecular flexibility index (Phi) is 3.82. The lowest BCUT2D eigenvalue weighted by Gasteiger charge is -2.37. The number of hydrogen-bond donors (Lipinski definition) is 0. The molecule has 2 atom stereocenters. The molecule has 1 aromatic rings. The lowest BCUT2D eigenvalue weighted by molar-refractivity contribution is -0.147. The maximum atomic E-state index is 13.4. The van der Waals surface area contributed by atoms with E-state index in [1.165, 1.54) is 19.1 Å². The molecular formula is C19H21NO5. The van der Waals surface area contributed by atoms with E-state index < -0.39 is 40.2 Å². The van der Waals surface area contributed by atoms with Crippen molar-refractivity contribution in [2.24, 2.45) is 16.7 Å². The van der Waals surface area contributed by atoms with Crippen LogP contribution in [0.4, 0.5) is 5.69 Å². The minimum Gasteiger partial charge on any atom is -0.465 e. The van der Waals surface area contributed by atoms with Gasteiger partial charge in [0.25, 0.3) is 0 Å². The molecule has 2 bridgehead atoms. The molecule has 0 saturated heterocycles. The molecule has 132 valence electrons. The molecular weight excluding hydrogens is 322 g/mol. The largest absolute Gasteiger partial charge is 0.465 e. The molecule has 0 radical (unpaired) electrons. The standard InChI is InChI=1S/C19H21NO5/c1-18(2)12-9-10-19(18,15(22)14(12)21)17(24)20(3)13-8-6-5-7-11(13)16(23)25-4/h5-8,12H,9-10H2,1-4H3. The van der Waals surface area contributed by atoms with E-state index in [-0.39, 0.29) is 5.56 Å². The van der Waals surface area contributed by atoms with Gasteiger partial charge in [-0.2, -0.15) is 0 Å². The Labute approximate surface area is 146 Å². The number of hydrogen-bond acceptors (Lipinski definition) is 5. The maximum absolute atomic E-state index is 13.4. The highest BCUT2D eigenvalue weighted by atomic mass is 16.5. The monoisotopic (exact) mass is 343 g/mol. The molecule has 0 aromatic heterocycles. The van der Waals surface area contributed by atoms with Crippen LogP contribution in [0.25, 0.3) is 0 Å². The molecule has 2 aliphatic rings. The van der Waals surface area contributed by atoms with E-state index >= 15 is 0 Å². The van der Waals surface area contributed by atoms with Gasteiger partial charge in [-0.1, -0.05) is 26.0 Å². The topological polar surface area (TPSA) is 80.8 Å². The van der Waals surface area contributed by atoms with Crippen LogP contribution in [-0.2, 0) is 19.1 Å². The van der Waals surface area contributed by atoms with Crippen LogP contribution >= 0.6 is 0 Å². The quantitative estimate of drug-likeness (QED) is 0.476. The summed E-state index contributed by atoms with van der Waals surface area (Å²) in [6, 6.07) is 6.56. The zero-order chi connectivity index (χ0) is 18.6. The molecule has 6 nitrogen and oxygen atoms in total. The fraction of sp³-hybridized carbons (Fsp3) is 0.474. The van der Waals surface area contributed by atoms with Gasteiger partial charge in [0.05, 0.1) is 18.4 Å². The second-order valence-corrected chi connectivity index (χ2v) is 7.28.